The van der Waals surface area contributed by atoms with Crippen molar-refractivity contribution in [2.75, 3.05) is 6.79 Å². The van der Waals surface area contributed by atoms with Crippen LogP contribution in [-0.2, 0) is 0 Å². The third-order valence-corrected chi connectivity index (χ3v) is 2.99. The highest BCUT2D eigenvalue weighted by atomic mass is 32.1. The van der Waals surface area contributed by atoms with Crippen molar-refractivity contribution in [3.8, 4) is 17.2 Å². The Labute approximate surface area is 92.8 Å². The summed E-state index contributed by atoms with van der Waals surface area (Å²) >= 11 is 0.810. The topological polar surface area (TPSA) is 73.3 Å². The van der Waals surface area contributed by atoms with E-state index in [2.05, 4.69) is 4.98 Å². The lowest BCUT2D eigenvalue weighted by Gasteiger charge is -2.00. The molecule has 82 valence electrons. The monoisotopic (exact) mass is 238 g/mol. The van der Waals surface area contributed by atoms with E-state index >= 15 is 0 Å². The number of ether oxygens (including phenoxy) is 2. The van der Waals surface area contributed by atoms with Gasteiger partial charge in [0.2, 0.25) is 6.79 Å². The minimum absolute atomic E-state index is 0.178. The van der Waals surface area contributed by atoms with Crippen molar-refractivity contribution in [1.29, 1.82) is 0 Å². The molecule has 6 nitrogen and oxygen atoms in total. The summed E-state index contributed by atoms with van der Waals surface area (Å²) in [6.07, 6.45) is 0. The minimum atomic E-state index is -0.450. The van der Waals surface area contributed by atoms with Crippen molar-refractivity contribution < 1.29 is 9.47 Å². The van der Waals surface area contributed by atoms with Crippen molar-refractivity contribution in [3.05, 3.63) is 38.4 Å². The van der Waals surface area contributed by atoms with E-state index in [4.69, 9.17) is 9.47 Å². The first-order valence-electron chi connectivity index (χ1n) is 4.47. The van der Waals surface area contributed by atoms with Gasteiger partial charge in [-0.05, 0) is 12.1 Å². The second-order valence-electron chi connectivity index (χ2n) is 3.14. The molecule has 3 rings (SSSR count). The molecule has 7 heteroatoms. The Morgan fingerprint density at radius 1 is 1.25 bits per heavy atom. The Balaban J connectivity index is 2.17. The summed E-state index contributed by atoms with van der Waals surface area (Å²) in [4.78, 5) is 24.2. The normalized spacial score (nSPS) is 13.0. The molecule has 1 N–H and O–H groups in total. The fraction of sp³-hybridized carbons (Fsp3) is 0.111. The average molecular weight is 238 g/mol. The van der Waals surface area contributed by atoms with Gasteiger partial charge in [0.1, 0.15) is 0 Å². The third kappa shape index (κ3) is 1.33. The molecule has 0 fully saturated rings. The van der Waals surface area contributed by atoms with Crippen LogP contribution < -0.4 is 20.0 Å². The van der Waals surface area contributed by atoms with Crippen LogP contribution in [0.25, 0.3) is 5.69 Å². The van der Waals surface area contributed by atoms with Crippen LogP contribution in [0, 0.1) is 0 Å². The largest absolute Gasteiger partial charge is 0.454 e. The van der Waals surface area contributed by atoms with Gasteiger partial charge in [-0.2, -0.15) is 0 Å². The smallest absolute Gasteiger partial charge is 0.343 e. The summed E-state index contributed by atoms with van der Waals surface area (Å²) < 4.78 is 11.6. The Morgan fingerprint density at radius 3 is 2.81 bits per heavy atom. The van der Waals surface area contributed by atoms with Crippen LogP contribution in [0.1, 0.15) is 0 Å². The molecule has 1 aliphatic heterocycles. The van der Waals surface area contributed by atoms with Crippen molar-refractivity contribution >= 4 is 11.5 Å². The number of fused-ring (bicyclic) bond motifs is 1. The summed E-state index contributed by atoms with van der Waals surface area (Å²) in [6, 6.07) is 5.06. The molecule has 1 aliphatic rings. The number of nitrogens with zero attached hydrogens (tertiary/aromatic N) is 1. The van der Waals surface area contributed by atoms with Crippen LogP contribution in [0.5, 0.6) is 11.5 Å². The molecule has 1 aromatic carbocycles. The van der Waals surface area contributed by atoms with Crippen molar-refractivity contribution in [3.63, 3.8) is 0 Å². The minimum Gasteiger partial charge on any atom is -0.454 e. The summed E-state index contributed by atoms with van der Waals surface area (Å²) in [5.41, 5.74) is 0.131. The summed E-state index contributed by atoms with van der Waals surface area (Å²) in [6.45, 7) is 0.178. The Bertz CT molecular complexity index is 654. The Morgan fingerprint density at radius 2 is 2.06 bits per heavy atom. The molecule has 0 amide bonds. The fourth-order valence-electron chi connectivity index (χ4n) is 1.47. The van der Waals surface area contributed by atoms with E-state index in [1.807, 2.05) is 0 Å². The van der Waals surface area contributed by atoms with Gasteiger partial charge < -0.3 is 9.47 Å². The highest BCUT2D eigenvalue weighted by Crippen LogP contribution is 2.33. The van der Waals surface area contributed by atoms with E-state index in [9.17, 15) is 9.59 Å². The standard InChI is InChI=1S/C9H6N2O4S/c12-8-10-9(13)16-11(8)5-1-2-6-7(3-5)15-4-14-6/h1-3H,4H2,(H,10,12,13). The van der Waals surface area contributed by atoms with Crippen LogP contribution in [0.4, 0.5) is 0 Å². The quantitative estimate of drug-likeness (QED) is 0.776. The van der Waals surface area contributed by atoms with Gasteiger partial charge in [0.15, 0.2) is 11.5 Å². The molecular formula is C9H6N2O4S. The zero-order valence-electron chi connectivity index (χ0n) is 7.93. The van der Waals surface area contributed by atoms with Crippen LogP contribution in [-0.4, -0.2) is 15.7 Å². The molecule has 0 aliphatic carbocycles. The fourth-order valence-corrected chi connectivity index (χ4v) is 2.11. The first kappa shape index (κ1) is 9.22. The first-order valence-corrected chi connectivity index (χ1v) is 5.24. The Kier molecular flexibility index (Phi) is 1.87. The Hall–Kier alpha value is -2.02. The number of nitrogens with one attached hydrogen (secondary N) is 1. The molecule has 2 aromatic rings. The lowest BCUT2D eigenvalue weighted by atomic mass is 10.3. The van der Waals surface area contributed by atoms with Gasteiger partial charge >= 0.3 is 10.6 Å². The molecule has 2 heterocycles. The lowest BCUT2D eigenvalue weighted by molar-refractivity contribution is 0.174. The second-order valence-corrected chi connectivity index (χ2v) is 4.06. The lowest BCUT2D eigenvalue weighted by Crippen LogP contribution is -2.14. The van der Waals surface area contributed by atoms with Crippen molar-refractivity contribution in [1.82, 2.24) is 8.94 Å². The summed E-state index contributed by atoms with van der Waals surface area (Å²) in [5, 5.41) is 0. The van der Waals surface area contributed by atoms with Crippen LogP contribution in [0.15, 0.2) is 27.8 Å². The molecule has 0 unspecified atom stereocenters. The maximum Gasteiger partial charge on any atom is 0.343 e. The molecular weight excluding hydrogens is 232 g/mol. The number of H-pyrrole nitrogens is 1. The van der Waals surface area contributed by atoms with E-state index in [0.717, 1.165) is 11.5 Å². The molecule has 1 aromatic heterocycles. The highest BCUT2D eigenvalue weighted by Gasteiger charge is 2.15. The SMILES string of the molecule is O=c1[nH]c(=O)n(-c2ccc3c(c2)OCO3)s1. The molecule has 0 saturated carbocycles. The second kappa shape index (κ2) is 3.24. The van der Waals surface area contributed by atoms with Crippen molar-refractivity contribution in [2.24, 2.45) is 0 Å². The van der Waals surface area contributed by atoms with E-state index in [0.29, 0.717) is 17.2 Å². The first-order chi connectivity index (χ1) is 7.74. The third-order valence-electron chi connectivity index (χ3n) is 2.16. The predicted molar refractivity (Wildman–Crippen MR) is 56.7 cm³/mol. The van der Waals surface area contributed by atoms with Gasteiger partial charge in [-0.1, -0.05) is 0 Å². The molecule has 0 bridgehead atoms. The number of aromatic amines is 1. The predicted octanol–water partition coefficient (Wildman–Crippen LogP) is 0.316. The summed E-state index contributed by atoms with van der Waals surface area (Å²) in [7, 11) is 0. The maximum atomic E-state index is 11.4. The molecule has 0 atom stereocenters. The number of benzene rings is 1. The zero-order chi connectivity index (χ0) is 11.1. The van der Waals surface area contributed by atoms with Crippen LogP contribution in [0.2, 0.25) is 0 Å². The highest BCUT2D eigenvalue weighted by molar-refractivity contribution is 7.03. The van der Waals surface area contributed by atoms with Crippen LogP contribution >= 0.6 is 11.5 Å². The number of hydrogen-bond donors (Lipinski definition) is 1. The number of aromatic nitrogens is 2. The number of rotatable bonds is 1. The molecule has 16 heavy (non-hydrogen) atoms. The van der Waals surface area contributed by atoms with Gasteiger partial charge in [0, 0.05) is 17.6 Å². The average Bonchev–Trinajstić information content (AvgIpc) is 2.83. The van der Waals surface area contributed by atoms with Crippen molar-refractivity contribution in [2.45, 2.75) is 0 Å². The van der Waals surface area contributed by atoms with E-state index in [1.54, 1.807) is 18.2 Å². The molecule has 0 radical (unpaired) electrons. The molecule has 0 saturated heterocycles. The van der Waals surface area contributed by atoms with Gasteiger partial charge in [-0.25, -0.2) is 8.75 Å². The van der Waals surface area contributed by atoms with E-state index < -0.39 is 5.69 Å². The zero-order valence-corrected chi connectivity index (χ0v) is 8.74. The van der Waals surface area contributed by atoms with Gasteiger partial charge in [0.25, 0.3) is 0 Å². The maximum absolute atomic E-state index is 11.4. The van der Waals surface area contributed by atoms with E-state index in [-0.39, 0.29) is 11.7 Å². The van der Waals surface area contributed by atoms with Gasteiger partial charge in [-0.15, -0.1) is 0 Å². The van der Waals surface area contributed by atoms with Crippen LogP contribution in [0.3, 0.4) is 0 Å². The molecule has 0 spiro atoms. The summed E-state index contributed by atoms with van der Waals surface area (Å²) in [5.74, 6) is 1.21. The van der Waals surface area contributed by atoms with Gasteiger partial charge in [0.05, 0.1) is 5.69 Å². The number of hydrogen-bond acceptors (Lipinski definition) is 5. The van der Waals surface area contributed by atoms with Gasteiger partial charge in [-0.3, -0.25) is 9.78 Å². The van der Waals surface area contributed by atoms with E-state index in [1.165, 1.54) is 3.96 Å².